The summed E-state index contributed by atoms with van der Waals surface area (Å²) in [6.45, 7) is 4.26. The minimum Gasteiger partial charge on any atom is -0.508 e. The van der Waals surface area contributed by atoms with Crippen molar-refractivity contribution >= 4 is 10.0 Å². The first kappa shape index (κ1) is 14.3. The molecule has 19 heavy (non-hydrogen) atoms. The zero-order valence-electron chi connectivity index (χ0n) is 11.3. The second kappa shape index (κ2) is 5.51. The van der Waals surface area contributed by atoms with Crippen molar-refractivity contribution in [3.05, 3.63) is 24.3 Å². The average Bonchev–Trinajstić information content (AvgIpc) is 2.35. The van der Waals surface area contributed by atoms with E-state index in [9.17, 15) is 13.5 Å². The van der Waals surface area contributed by atoms with Crippen molar-refractivity contribution in [3.63, 3.8) is 0 Å². The lowest BCUT2D eigenvalue weighted by Crippen LogP contribution is -2.43. The van der Waals surface area contributed by atoms with Gasteiger partial charge in [-0.1, -0.05) is 32.8 Å². The van der Waals surface area contributed by atoms with Gasteiger partial charge in [0.1, 0.15) is 5.75 Å². The van der Waals surface area contributed by atoms with Gasteiger partial charge < -0.3 is 5.11 Å². The van der Waals surface area contributed by atoms with Crippen molar-refractivity contribution in [1.82, 2.24) is 4.72 Å². The van der Waals surface area contributed by atoms with Crippen LogP contribution in [-0.2, 0) is 10.0 Å². The number of benzene rings is 1. The quantitative estimate of drug-likeness (QED) is 0.895. The molecule has 0 spiro atoms. The maximum atomic E-state index is 12.3. The molecule has 0 aliphatic heterocycles. The second-order valence-electron chi connectivity index (χ2n) is 5.49. The molecule has 1 saturated carbocycles. The van der Waals surface area contributed by atoms with E-state index in [1.165, 1.54) is 24.3 Å². The maximum Gasteiger partial charge on any atom is 0.240 e. The monoisotopic (exact) mass is 283 g/mol. The van der Waals surface area contributed by atoms with Gasteiger partial charge in [-0.15, -0.1) is 0 Å². The van der Waals surface area contributed by atoms with E-state index in [1.807, 2.05) is 0 Å². The first-order valence-electron chi connectivity index (χ1n) is 6.71. The number of phenols is 1. The molecule has 3 atom stereocenters. The molecule has 1 aromatic rings. The van der Waals surface area contributed by atoms with Crippen molar-refractivity contribution in [3.8, 4) is 5.75 Å². The third-order valence-corrected chi connectivity index (χ3v) is 5.63. The summed E-state index contributed by atoms with van der Waals surface area (Å²) < 4.78 is 27.3. The molecule has 4 nitrogen and oxygen atoms in total. The Bertz CT molecular complexity index is 541. The molecule has 0 aromatic heterocycles. The Hall–Kier alpha value is -1.07. The normalized spacial score (nSPS) is 28.2. The van der Waals surface area contributed by atoms with Gasteiger partial charge in [0.2, 0.25) is 10.0 Å². The standard InChI is InChI=1S/C14H21NO3S/c1-10-5-3-8-14(11(10)2)15-19(17,18)13-7-4-6-12(16)9-13/h4,6-7,9-11,14-16H,3,5,8H2,1-2H3. The SMILES string of the molecule is CC1CCCC(NS(=O)(=O)c2cccc(O)c2)C1C. The van der Waals surface area contributed by atoms with Crippen LogP contribution in [0.3, 0.4) is 0 Å². The van der Waals surface area contributed by atoms with E-state index >= 15 is 0 Å². The van der Waals surface area contributed by atoms with Gasteiger partial charge in [-0.2, -0.15) is 0 Å². The molecule has 106 valence electrons. The Balaban J connectivity index is 2.17. The number of rotatable bonds is 3. The summed E-state index contributed by atoms with van der Waals surface area (Å²) in [5.74, 6) is 0.833. The molecule has 0 bridgehead atoms. The molecule has 1 fully saturated rings. The lowest BCUT2D eigenvalue weighted by atomic mass is 9.78. The fraction of sp³-hybridized carbons (Fsp3) is 0.571. The summed E-state index contributed by atoms with van der Waals surface area (Å²) in [5, 5.41) is 9.38. The van der Waals surface area contributed by atoms with Crippen LogP contribution in [0.2, 0.25) is 0 Å². The zero-order chi connectivity index (χ0) is 14.0. The Morgan fingerprint density at radius 1 is 1.26 bits per heavy atom. The van der Waals surface area contributed by atoms with Gasteiger partial charge >= 0.3 is 0 Å². The van der Waals surface area contributed by atoms with E-state index in [1.54, 1.807) is 0 Å². The number of aromatic hydroxyl groups is 1. The summed E-state index contributed by atoms with van der Waals surface area (Å²) in [6.07, 6.45) is 3.09. The van der Waals surface area contributed by atoms with Crippen molar-refractivity contribution in [2.45, 2.75) is 44.0 Å². The molecular weight excluding hydrogens is 262 g/mol. The Labute approximate surface area is 114 Å². The molecule has 0 amide bonds. The molecule has 2 rings (SSSR count). The number of sulfonamides is 1. The van der Waals surface area contributed by atoms with E-state index < -0.39 is 10.0 Å². The molecule has 0 heterocycles. The number of phenolic OH excluding ortho intramolecular Hbond substituents is 1. The topological polar surface area (TPSA) is 66.4 Å². The fourth-order valence-corrected chi connectivity index (χ4v) is 4.07. The first-order chi connectivity index (χ1) is 8.90. The maximum absolute atomic E-state index is 12.3. The van der Waals surface area contributed by atoms with Crippen LogP contribution in [0.5, 0.6) is 5.75 Å². The van der Waals surface area contributed by atoms with Crippen LogP contribution in [0, 0.1) is 11.8 Å². The largest absolute Gasteiger partial charge is 0.508 e. The summed E-state index contributed by atoms with van der Waals surface area (Å²) in [7, 11) is -3.55. The molecule has 1 aromatic carbocycles. The van der Waals surface area contributed by atoms with Crippen molar-refractivity contribution < 1.29 is 13.5 Å². The summed E-state index contributed by atoms with van der Waals surface area (Å²) >= 11 is 0. The third kappa shape index (κ3) is 3.28. The van der Waals surface area contributed by atoms with E-state index in [-0.39, 0.29) is 16.7 Å². The summed E-state index contributed by atoms with van der Waals surface area (Å²) in [5.41, 5.74) is 0. The van der Waals surface area contributed by atoms with Crippen LogP contribution in [-0.4, -0.2) is 19.6 Å². The molecule has 5 heteroatoms. The zero-order valence-corrected chi connectivity index (χ0v) is 12.2. The lowest BCUT2D eigenvalue weighted by molar-refractivity contribution is 0.227. The van der Waals surface area contributed by atoms with Gasteiger partial charge in [0, 0.05) is 6.04 Å². The Morgan fingerprint density at radius 3 is 2.68 bits per heavy atom. The summed E-state index contributed by atoms with van der Waals surface area (Å²) in [6, 6.07) is 5.76. The van der Waals surface area contributed by atoms with E-state index in [2.05, 4.69) is 18.6 Å². The molecular formula is C14H21NO3S. The van der Waals surface area contributed by atoms with Gasteiger partial charge in [-0.25, -0.2) is 13.1 Å². The number of hydrogen-bond acceptors (Lipinski definition) is 3. The summed E-state index contributed by atoms with van der Waals surface area (Å²) in [4.78, 5) is 0.123. The fourth-order valence-electron chi connectivity index (χ4n) is 2.67. The van der Waals surface area contributed by atoms with Gasteiger partial charge in [0.15, 0.2) is 0 Å². The van der Waals surface area contributed by atoms with E-state index in [0.29, 0.717) is 11.8 Å². The van der Waals surface area contributed by atoms with Crippen molar-refractivity contribution in [2.75, 3.05) is 0 Å². The highest BCUT2D eigenvalue weighted by molar-refractivity contribution is 7.89. The van der Waals surface area contributed by atoms with Crippen LogP contribution < -0.4 is 4.72 Å². The Kier molecular flexibility index (Phi) is 4.16. The van der Waals surface area contributed by atoms with E-state index in [0.717, 1.165) is 19.3 Å². The molecule has 1 aliphatic carbocycles. The van der Waals surface area contributed by atoms with Gasteiger partial charge in [-0.05, 0) is 36.5 Å². The minimum absolute atomic E-state index is 0.0175. The van der Waals surface area contributed by atoms with Crippen LogP contribution in [0.4, 0.5) is 0 Å². The highest BCUT2D eigenvalue weighted by atomic mass is 32.2. The first-order valence-corrected chi connectivity index (χ1v) is 8.20. The van der Waals surface area contributed by atoms with Crippen LogP contribution in [0.15, 0.2) is 29.2 Å². The van der Waals surface area contributed by atoms with Crippen molar-refractivity contribution in [1.29, 1.82) is 0 Å². The highest BCUT2D eigenvalue weighted by Gasteiger charge is 2.30. The van der Waals surface area contributed by atoms with E-state index in [4.69, 9.17) is 0 Å². The Morgan fingerprint density at radius 2 is 2.00 bits per heavy atom. The van der Waals surface area contributed by atoms with Gasteiger partial charge in [-0.3, -0.25) is 0 Å². The number of nitrogens with one attached hydrogen (secondary N) is 1. The predicted octanol–water partition coefficient (Wildman–Crippen LogP) is 2.50. The average molecular weight is 283 g/mol. The van der Waals surface area contributed by atoms with Gasteiger partial charge in [0.25, 0.3) is 0 Å². The van der Waals surface area contributed by atoms with Gasteiger partial charge in [0.05, 0.1) is 4.90 Å². The highest BCUT2D eigenvalue weighted by Crippen LogP contribution is 2.30. The number of hydrogen-bond donors (Lipinski definition) is 2. The molecule has 0 saturated heterocycles. The van der Waals surface area contributed by atoms with Crippen LogP contribution in [0.25, 0.3) is 0 Å². The van der Waals surface area contributed by atoms with Crippen molar-refractivity contribution in [2.24, 2.45) is 11.8 Å². The molecule has 1 aliphatic rings. The second-order valence-corrected chi connectivity index (χ2v) is 7.21. The smallest absolute Gasteiger partial charge is 0.240 e. The molecule has 2 N–H and O–H groups in total. The van der Waals surface area contributed by atoms with Crippen LogP contribution in [0.1, 0.15) is 33.1 Å². The third-order valence-electron chi connectivity index (χ3n) is 4.14. The molecule has 0 radical (unpaired) electrons. The molecule has 3 unspecified atom stereocenters. The van der Waals surface area contributed by atoms with Crippen LogP contribution >= 0.6 is 0 Å². The lowest BCUT2D eigenvalue weighted by Gasteiger charge is -2.34. The predicted molar refractivity (Wildman–Crippen MR) is 74.4 cm³/mol. The minimum atomic E-state index is -3.55.